The van der Waals surface area contributed by atoms with Crippen molar-refractivity contribution in [3.05, 3.63) is 39.8 Å². The van der Waals surface area contributed by atoms with Gasteiger partial charge in [-0.2, -0.15) is 0 Å². The Morgan fingerprint density at radius 2 is 2.26 bits per heavy atom. The highest BCUT2D eigenvalue weighted by Crippen LogP contribution is 2.16. The smallest absolute Gasteiger partial charge is 0.250 e. The summed E-state index contributed by atoms with van der Waals surface area (Å²) in [6, 6.07) is 4.76. The number of hydrogen-bond acceptors (Lipinski definition) is 5. The van der Waals surface area contributed by atoms with Gasteiger partial charge in [0.1, 0.15) is 11.6 Å². The number of aromatic nitrogens is 3. The maximum absolute atomic E-state index is 11.8. The summed E-state index contributed by atoms with van der Waals surface area (Å²) >= 11 is 1.36. The van der Waals surface area contributed by atoms with E-state index >= 15 is 0 Å². The number of pyridine rings is 1. The standard InChI is InChI=1S/C12H14N4O2S/c1-2-5-10-14-15-12(19-10)13-9(17)8-16-7-4-3-6-11(16)18/h3-4,6-7H,2,5,8H2,1H3,(H,13,15,17). The van der Waals surface area contributed by atoms with Crippen LogP contribution >= 0.6 is 11.3 Å². The Bertz CT molecular complexity index is 620. The van der Waals surface area contributed by atoms with Crippen LogP contribution < -0.4 is 10.9 Å². The quantitative estimate of drug-likeness (QED) is 0.894. The Labute approximate surface area is 114 Å². The second kappa shape index (κ2) is 6.24. The third-order valence-electron chi connectivity index (χ3n) is 2.39. The zero-order valence-corrected chi connectivity index (χ0v) is 11.3. The minimum absolute atomic E-state index is 0.0254. The van der Waals surface area contributed by atoms with E-state index in [0.29, 0.717) is 5.13 Å². The van der Waals surface area contributed by atoms with E-state index in [4.69, 9.17) is 0 Å². The molecule has 0 unspecified atom stereocenters. The van der Waals surface area contributed by atoms with Gasteiger partial charge in [0.05, 0.1) is 0 Å². The summed E-state index contributed by atoms with van der Waals surface area (Å²) in [5.74, 6) is -0.285. The van der Waals surface area contributed by atoms with Crippen LogP contribution in [0.1, 0.15) is 18.4 Å². The van der Waals surface area contributed by atoms with Gasteiger partial charge in [0, 0.05) is 18.7 Å². The number of nitrogens with zero attached hydrogens (tertiary/aromatic N) is 3. The largest absolute Gasteiger partial charge is 0.306 e. The second-order valence-electron chi connectivity index (χ2n) is 3.97. The van der Waals surface area contributed by atoms with Crippen LogP contribution in [0.15, 0.2) is 29.2 Å². The normalized spacial score (nSPS) is 10.4. The molecule has 6 nitrogen and oxygen atoms in total. The molecule has 7 heteroatoms. The molecular formula is C12H14N4O2S. The van der Waals surface area contributed by atoms with E-state index in [0.717, 1.165) is 17.8 Å². The highest BCUT2D eigenvalue weighted by Gasteiger charge is 2.08. The number of hydrogen-bond donors (Lipinski definition) is 1. The number of rotatable bonds is 5. The SMILES string of the molecule is CCCc1nnc(NC(=O)Cn2ccccc2=O)s1. The van der Waals surface area contributed by atoms with Gasteiger partial charge in [0.25, 0.3) is 5.56 Å². The highest BCUT2D eigenvalue weighted by atomic mass is 32.1. The zero-order chi connectivity index (χ0) is 13.7. The molecule has 0 fully saturated rings. The molecule has 1 N–H and O–H groups in total. The predicted molar refractivity (Wildman–Crippen MR) is 73.2 cm³/mol. The van der Waals surface area contributed by atoms with Crippen LogP contribution in [0.25, 0.3) is 0 Å². The molecule has 19 heavy (non-hydrogen) atoms. The van der Waals surface area contributed by atoms with Crippen LogP contribution in [0.4, 0.5) is 5.13 Å². The van der Waals surface area contributed by atoms with E-state index in [1.165, 1.54) is 22.0 Å². The Morgan fingerprint density at radius 3 is 3.00 bits per heavy atom. The topological polar surface area (TPSA) is 76.9 Å². The van der Waals surface area contributed by atoms with Crippen molar-refractivity contribution in [1.29, 1.82) is 0 Å². The monoisotopic (exact) mass is 278 g/mol. The molecule has 0 aliphatic rings. The molecule has 0 atom stereocenters. The van der Waals surface area contributed by atoms with Crippen molar-refractivity contribution in [2.45, 2.75) is 26.3 Å². The summed E-state index contributed by atoms with van der Waals surface area (Å²) < 4.78 is 1.34. The van der Waals surface area contributed by atoms with Gasteiger partial charge >= 0.3 is 0 Å². The number of carbonyl (C=O) groups excluding carboxylic acids is 1. The van der Waals surface area contributed by atoms with E-state index in [2.05, 4.69) is 22.4 Å². The van der Waals surface area contributed by atoms with E-state index in [1.807, 2.05) is 0 Å². The van der Waals surface area contributed by atoms with E-state index in [-0.39, 0.29) is 18.0 Å². The molecule has 0 saturated heterocycles. The third-order valence-corrected chi connectivity index (χ3v) is 3.29. The molecule has 100 valence electrons. The maximum Gasteiger partial charge on any atom is 0.250 e. The minimum Gasteiger partial charge on any atom is -0.306 e. The summed E-state index contributed by atoms with van der Waals surface area (Å²) in [4.78, 5) is 23.2. The summed E-state index contributed by atoms with van der Waals surface area (Å²) in [6.45, 7) is 2.03. The van der Waals surface area contributed by atoms with Crippen molar-refractivity contribution in [2.24, 2.45) is 0 Å². The van der Waals surface area contributed by atoms with Crippen molar-refractivity contribution < 1.29 is 4.79 Å². The van der Waals surface area contributed by atoms with Crippen LogP contribution in [0.3, 0.4) is 0 Å². The molecule has 2 heterocycles. The Kier molecular flexibility index (Phi) is 4.40. The lowest BCUT2D eigenvalue weighted by atomic mass is 10.4. The van der Waals surface area contributed by atoms with Gasteiger partial charge < -0.3 is 4.57 Å². The fourth-order valence-electron chi connectivity index (χ4n) is 1.52. The molecule has 2 rings (SSSR count). The Morgan fingerprint density at radius 1 is 1.42 bits per heavy atom. The first-order valence-corrected chi connectivity index (χ1v) is 6.78. The minimum atomic E-state index is -0.285. The molecule has 2 aromatic heterocycles. The number of carbonyl (C=O) groups is 1. The molecule has 0 aliphatic carbocycles. The average Bonchev–Trinajstić information content (AvgIpc) is 2.80. The lowest BCUT2D eigenvalue weighted by molar-refractivity contribution is -0.116. The van der Waals surface area contributed by atoms with Gasteiger partial charge in [-0.3, -0.25) is 14.9 Å². The lowest BCUT2D eigenvalue weighted by Gasteiger charge is -2.03. The lowest BCUT2D eigenvalue weighted by Crippen LogP contribution is -2.26. The van der Waals surface area contributed by atoms with Crippen LogP contribution in [-0.2, 0) is 17.8 Å². The van der Waals surface area contributed by atoms with Gasteiger partial charge in [-0.25, -0.2) is 0 Å². The molecule has 2 aromatic rings. The molecule has 0 aromatic carbocycles. The molecule has 0 spiro atoms. The summed E-state index contributed by atoms with van der Waals surface area (Å²) in [5.41, 5.74) is -0.207. The van der Waals surface area contributed by atoms with E-state index in [9.17, 15) is 9.59 Å². The summed E-state index contributed by atoms with van der Waals surface area (Å²) in [5, 5.41) is 11.9. The molecule has 1 amide bonds. The fourth-order valence-corrected chi connectivity index (χ4v) is 2.38. The van der Waals surface area contributed by atoms with E-state index < -0.39 is 0 Å². The zero-order valence-electron chi connectivity index (χ0n) is 10.5. The van der Waals surface area contributed by atoms with E-state index in [1.54, 1.807) is 18.3 Å². The first-order valence-electron chi connectivity index (χ1n) is 5.96. The Hall–Kier alpha value is -2.02. The molecule has 0 radical (unpaired) electrons. The molecule has 0 saturated carbocycles. The summed E-state index contributed by atoms with van der Waals surface area (Å²) in [7, 11) is 0. The van der Waals surface area contributed by atoms with Crippen LogP contribution in [-0.4, -0.2) is 20.7 Å². The first-order chi connectivity index (χ1) is 9.19. The predicted octanol–water partition coefficient (Wildman–Crippen LogP) is 1.29. The molecule has 0 bridgehead atoms. The number of nitrogens with one attached hydrogen (secondary N) is 1. The maximum atomic E-state index is 11.8. The van der Waals surface area contributed by atoms with Crippen LogP contribution in [0.5, 0.6) is 0 Å². The number of amides is 1. The molecular weight excluding hydrogens is 264 g/mol. The number of aryl methyl sites for hydroxylation is 1. The van der Waals surface area contributed by atoms with Crippen molar-refractivity contribution in [3.8, 4) is 0 Å². The summed E-state index contributed by atoms with van der Waals surface area (Å²) in [6.07, 6.45) is 3.41. The third kappa shape index (κ3) is 3.72. The van der Waals surface area contributed by atoms with Crippen molar-refractivity contribution in [2.75, 3.05) is 5.32 Å². The van der Waals surface area contributed by atoms with Gasteiger partial charge in [-0.05, 0) is 12.5 Å². The first kappa shape index (κ1) is 13.4. The van der Waals surface area contributed by atoms with Crippen molar-refractivity contribution in [3.63, 3.8) is 0 Å². The van der Waals surface area contributed by atoms with Gasteiger partial charge in [0.15, 0.2) is 0 Å². The number of anilines is 1. The van der Waals surface area contributed by atoms with Gasteiger partial charge in [0.2, 0.25) is 11.0 Å². The Balaban J connectivity index is 1.97. The van der Waals surface area contributed by atoms with Crippen molar-refractivity contribution >= 4 is 22.4 Å². The second-order valence-corrected chi connectivity index (χ2v) is 5.03. The van der Waals surface area contributed by atoms with Crippen LogP contribution in [0, 0.1) is 0 Å². The average molecular weight is 278 g/mol. The van der Waals surface area contributed by atoms with Crippen molar-refractivity contribution in [1.82, 2.24) is 14.8 Å². The van der Waals surface area contributed by atoms with Gasteiger partial charge in [-0.15, -0.1) is 10.2 Å². The van der Waals surface area contributed by atoms with Gasteiger partial charge in [-0.1, -0.05) is 24.3 Å². The highest BCUT2D eigenvalue weighted by molar-refractivity contribution is 7.15. The molecule has 0 aliphatic heterocycles. The fraction of sp³-hybridized carbons (Fsp3) is 0.333. The van der Waals surface area contributed by atoms with Crippen LogP contribution in [0.2, 0.25) is 0 Å².